The number of hydrogen-bond acceptors (Lipinski definition) is 7. The molecular formula is C35H53N5O5S. The maximum atomic E-state index is 13.9. The zero-order chi connectivity index (χ0) is 33.8. The highest BCUT2D eigenvalue weighted by Crippen LogP contribution is 2.22. The predicted molar refractivity (Wildman–Crippen MR) is 182 cm³/mol. The number of amides is 3. The van der Waals surface area contributed by atoms with Gasteiger partial charge in [0, 0.05) is 30.9 Å². The first-order valence-corrected chi connectivity index (χ1v) is 17.6. The van der Waals surface area contributed by atoms with Crippen LogP contribution in [-0.4, -0.2) is 76.4 Å². The molecule has 1 aliphatic rings. The lowest BCUT2D eigenvalue weighted by Crippen LogP contribution is -2.57. The number of aliphatic carboxylic acids is 1. The molecule has 1 aliphatic heterocycles. The number of carbonyl (C=O) groups excluding carboxylic acids is 3. The molecule has 3 rings (SSSR count). The second-order valence-electron chi connectivity index (χ2n) is 13.1. The third-order valence-electron chi connectivity index (χ3n) is 9.18. The van der Waals surface area contributed by atoms with E-state index >= 15 is 0 Å². The number of rotatable bonds is 17. The smallest absolute Gasteiger partial charge is 0.306 e. The molecule has 1 saturated heterocycles. The number of carboxylic acid groups (broad SMARTS) is 1. The van der Waals surface area contributed by atoms with Gasteiger partial charge in [-0.05, 0) is 56.0 Å². The fourth-order valence-corrected chi connectivity index (χ4v) is 6.84. The van der Waals surface area contributed by atoms with Gasteiger partial charge in [-0.25, -0.2) is 4.98 Å². The largest absolute Gasteiger partial charge is 0.481 e. The van der Waals surface area contributed by atoms with Crippen molar-refractivity contribution < 1.29 is 24.3 Å². The molecule has 2 aromatic rings. The van der Waals surface area contributed by atoms with Crippen molar-refractivity contribution in [3.8, 4) is 0 Å². The molecule has 0 radical (unpaired) electrons. The Kier molecular flexibility index (Phi) is 14.6. The number of nitrogens with zero attached hydrogens (tertiary/aromatic N) is 2. The molecule has 2 heterocycles. The minimum absolute atomic E-state index is 0.0143. The Labute approximate surface area is 278 Å². The topological polar surface area (TPSA) is 141 Å². The van der Waals surface area contributed by atoms with E-state index in [0.717, 1.165) is 42.8 Å². The molecule has 0 unspecified atom stereocenters. The summed E-state index contributed by atoms with van der Waals surface area (Å²) in [5.74, 6) is -1.87. The number of aromatic nitrogens is 1. The summed E-state index contributed by atoms with van der Waals surface area (Å²) in [4.78, 5) is 58.1. The summed E-state index contributed by atoms with van der Waals surface area (Å²) in [6.45, 7) is 10.7. The molecular weight excluding hydrogens is 602 g/mol. The lowest BCUT2D eigenvalue weighted by atomic mass is 9.93. The standard InChI is InChI=1S/C35H53N5O5S/c1-7-23(4)31(39-32(41)27-15-11-12-18-36-27)34(43)40(6)29(22(2)3)16-17-30-38-28(21-46-30)33(42)37-26(19-24(5)35(44)45)20-25-13-9-8-10-14-25/h8-10,13-14,21-24,26-27,29,31,36H,7,11-12,15-20H2,1-6H3,(H,37,42)(H,39,41)(H,44,45)/t23-,24-,26+,27+,29+,31-/m0/s1. The Morgan fingerprint density at radius 3 is 2.41 bits per heavy atom. The molecule has 11 heteroatoms. The summed E-state index contributed by atoms with van der Waals surface area (Å²) < 4.78 is 0. The summed E-state index contributed by atoms with van der Waals surface area (Å²) >= 11 is 1.41. The van der Waals surface area contributed by atoms with E-state index in [1.54, 1.807) is 17.2 Å². The molecule has 0 bridgehead atoms. The van der Waals surface area contributed by atoms with Gasteiger partial charge in [0.05, 0.1) is 17.0 Å². The Balaban J connectivity index is 1.65. The van der Waals surface area contributed by atoms with Gasteiger partial charge in [-0.1, -0.05) is 77.8 Å². The second-order valence-corrected chi connectivity index (χ2v) is 14.1. The van der Waals surface area contributed by atoms with Crippen molar-refractivity contribution in [1.29, 1.82) is 0 Å². The Morgan fingerprint density at radius 2 is 1.80 bits per heavy atom. The molecule has 0 saturated carbocycles. The molecule has 1 aromatic heterocycles. The first kappa shape index (κ1) is 37.2. The van der Waals surface area contributed by atoms with Crippen LogP contribution in [0.15, 0.2) is 35.7 Å². The van der Waals surface area contributed by atoms with E-state index in [-0.39, 0.29) is 47.7 Å². The number of piperidine rings is 1. The summed E-state index contributed by atoms with van der Waals surface area (Å²) in [7, 11) is 1.82. The maximum absolute atomic E-state index is 13.9. The normalized spacial score (nSPS) is 18.2. The van der Waals surface area contributed by atoms with Crippen molar-refractivity contribution in [3.63, 3.8) is 0 Å². The molecule has 46 heavy (non-hydrogen) atoms. The van der Waals surface area contributed by atoms with Crippen LogP contribution >= 0.6 is 11.3 Å². The van der Waals surface area contributed by atoms with E-state index in [1.165, 1.54) is 11.3 Å². The summed E-state index contributed by atoms with van der Waals surface area (Å²) in [5.41, 5.74) is 1.32. The van der Waals surface area contributed by atoms with E-state index in [0.29, 0.717) is 31.4 Å². The first-order chi connectivity index (χ1) is 21.9. The van der Waals surface area contributed by atoms with Crippen LogP contribution in [0.5, 0.6) is 0 Å². The van der Waals surface area contributed by atoms with Crippen LogP contribution in [0.1, 0.15) is 94.2 Å². The minimum atomic E-state index is -0.898. The lowest BCUT2D eigenvalue weighted by Gasteiger charge is -2.36. The van der Waals surface area contributed by atoms with Gasteiger partial charge in [-0.3, -0.25) is 19.2 Å². The van der Waals surface area contributed by atoms with Crippen LogP contribution < -0.4 is 16.0 Å². The predicted octanol–water partition coefficient (Wildman–Crippen LogP) is 4.68. The molecule has 254 valence electrons. The molecule has 1 fully saturated rings. The minimum Gasteiger partial charge on any atom is -0.481 e. The first-order valence-electron chi connectivity index (χ1n) is 16.7. The quantitative estimate of drug-likeness (QED) is 0.194. The van der Waals surface area contributed by atoms with Crippen LogP contribution in [0.2, 0.25) is 0 Å². The molecule has 10 nitrogen and oxygen atoms in total. The average Bonchev–Trinajstić information content (AvgIpc) is 3.52. The number of benzene rings is 1. The fraction of sp³-hybridized carbons (Fsp3) is 0.629. The van der Waals surface area contributed by atoms with Crippen LogP contribution in [0.4, 0.5) is 0 Å². The van der Waals surface area contributed by atoms with Crippen molar-refractivity contribution in [1.82, 2.24) is 25.8 Å². The van der Waals surface area contributed by atoms with Gasteiger partial charge in [-0.15, -0.1) is 11.3 Å². The van der Waals surface area contributed by atoms with Crippen LogP contribution in [-0.2, 0) is 27.2 Å². The van der Waals surface area contributed by atoms with Gasteiger partial charge < -0.3 is 26.0 Å². The number of aryl methyl sites for hydroxylation is 1. The van der Waals surface area contributed by atoms with Crippen LogP contribution in [0.25, 0.3) is 0 Å². The van der Waals surface area contributed by atoms with Gasteiger partial charge in [0.2, 0.25) is 11.8 Å². The monoisotopic (exact) mass is 655 g/mol. The molecule has 4 N–H and O–H groups in total. The molecule has 0 spiro atoms. The van der Waals surface area contributed by atoms with Crippen molar-refractivity contribution in [2.24, 2.45) is 17.8 Å². The highest BCUT2D eigenvalue weighted by molar-refractivity contribution is 7.09. The van der Waals surface area contributed by atoms with Crippen molar-refractivity contribution in [2.75, 3.05) is 13.6 Å². The fourth-order valence-electron chi connectivity index (χ4n) is 6.05. The zero-order valence-corrected chi connectivity index (χ0v) is 29.1. The number of nitrogens with one attached hydrogen (secondary N) is 3. The maximum Gasteiger partial charge on any atom is 0.306 e. The Bertz CT molecular complexity index is 1280. The third-order valence-corrected chi connectivity index (χ3v) is 10.1. The molecule has 0 aliphatic carbocycles. The van der Waals surface area contributed by atoms with E-state index < -0.39 is 17.9 Å². The molecule has 6 atom stereocenters. The van der Waals surface area contributed by atoms with Crippen molar-refractivity contribution >= 4 is 35.0 Å². The van der Waals surface area contributed by atoms with E-state index in [9.17, 15) is 24.3 Å². The highest BCUT2D eigenvalue weighted by Gasteiger charge is 2.34. The Hall–Kier alpha value is -3.31. The van der Waals surface area contributed by atoms with Crippen LogP contribution in [0.3, 0.4) is 0 Å². The Morgan fingerprint density at radius 1 is 1.09 bits per heavy atom. The number of likely N-dealkylation sites (N-methyl/N-ethyl adjacent to an activating group) is 1. The SMILES string of the molecule is CC[C@H](C)[C@H](NC(=O)[C@H]1CCCCN1)C(=O)N(C)[C@H](CCc1nc(C(=O)N[C@@H](Cc2ccccc2)C[C@H](C)C(=O)O)cs1)C(C)C. The van der Waals surface area contributed by atoms with Crippen molar-refractivity contribution in [3.05, 3.63) is 52.0 Å². The summed E-state index contributed by atoms with van der Waals surface area (Å²) in [5, 5.41) is 21.4. The summed E-state index contributed by atoms with van der Waals surface area (Å²) in [6.07, 6.45) is 5.68. The third kappa shape index (κ3) is 10.9. The highest BCUT2D eigenvalue weighted by atomic mass is 32.1. The van der Waals surface area contributed by atoms with E-state index in [2.05, 4.69) is 34.8 Å². The molecule has 3 amide bonds. The van der Waals surface area contributed by atoms with Gasteiger partial charge in [0.1, 0.15) is 11.7 Å². The van der Waals surface area contributed by atoms with Gasteiger partial charge >= 0.3 is 5.97 Å². The van der Waals surface area contributed by atoms with Gasteiger partial charge in [0.15, 0.2) is 0 Å². The average molecular weight is 656 g/mol. The zero-order valence-electron chi connectivity index (χ0n) is 28.3. The lowest BCUT2D eigenvalue weighted by molar-refractivity contribution is -0.141. The number of carbonyl (C=O) groups is 4. The van der Waals surface area contributed by atoms with Crippen molar-refractivity contribution in [2.45, 2.75) is 110 Å². The van der Waals surface area contributed by atoms with E-state index in [4.69, 9.17) is 0 Å². The number of hydrogen-bond donors (Lipinski definition) is 4. The number of carboxylic acids is 1. The van der Waals surface area contributed by atoms with Gasteiger partial charge in [0.25, 0.3) is 5.91 Å². The second kappa shape index (κ2) is 18.1. The summed E-state index contributed by atoms with van der Waals surface area (Å²) in [6, 6.07) is 8.39. The number of thiazole rings is 1. The van der Waals surface area contributed by atoms with Crippen LogP contribution in [0, 0.1) is 17.8 Å². The van der Waals surface area contributed by atoms with Gasteiger partial charge in [-0.2, -0.15) is 0 Å². The van der Waals surface area contributed by atoms with E-state index in [1.807, 2.05) is 51.2 Å². The molecule has 1 aromatic carbocycles.